The van der Waals surface area contributed by atoms with Gasteiger partial charge in [-0.1, -0.05) is 29.3 Å². The summed E-state index contributed by atoms with van der Waals surface area (Å²) < 4.78 is 0.862. The number of benzene rings is 1. The minimum atomic E-state index is -0.354. The van der Waals surface area contributed by atoms with Crippen molar-refractivity contribution in [3.63, 3.8) is 0 Å². The summed E-state index contributed by atoms with van der Waals surface area (Å²) >= 11 is 13.5. The van der Waals surface area contributed by atoms with Crippen LogP contribution in [0.3, 0.4) is 0 Å². The maximum absolute atomic E-state index is 12.2. The molecular formula is C15H9Cl2N3OS. The summed E-state index contributed by atoms with van der Waals surface area (Å²) in [4.78, 5) is 16.5. The fourth-order valence-electron chi connectivity index (χ4n) is 1.85. The first-order chi connectivity index (χ1) is 10.6. The maximum Gasteiger partial charge on any atom is 0.283 e. The molecule has 0 radical (unpaired) electrons. The first kappa shape index (κ1) is 15.0. The number of carbonyl (C=O) groups is 1. The Labute approximate surface area is 140 Å². The molecule has 0 saturated carbocycles. The molecule has 1 N–H and O–H groups in total. The molecule has 0 aliphatic heterocycles. The normalized spacial score (nSPS) is 11.2. The van der Waals surface area contributed by atoms with E-state index in [0.29, 0.717) is 14.9 Å². The number of halogens is 2. The molecule has 0 fully saturated rings. The Balaban J connectivity index is 1.80. The molecule has 22 heavy (non-hydrogen) atoms. The molecular weight excluding hydrogens is 341 g/mol. The van der Waals surface area contributed by atoms with Crippen molar-refractivity contribution in [2.75, 3.05) is 0 Å². The largest absolute Gasteiger partial charge is 0.283 e. The summed E-state index contributed by atoms with van der Waals surface area (Å²) in [7, 11) is 0. The molecule has 110 valence electrons. The van der Waals surface area contributed by atoms with Gasteiger partial charge in [0.05, 0.1) is 11.2 Å². The highest BCUT2D eigenvalue weighted by Crippen LogP contribution is 2.36. The Morgan fingerprint density at radius 3 is 2.77 bits per heavy atom. The lowest BCUT2D eigenvalue weighted by Crippen LogP contribution is -2.16. The number of carbonyl (C=O) groups excluding carboxylic acids is 1. The number of rotatable bonds is 3. The van der Waals surface area contributed by atoms with E-state index in [-0.39, 0.29) is 5.91 Å². The molecule has 2 heterocycles. The number of aromatic nitrogens is 1. The summed E-state index contributed by atoms with van der Waals surface area (Å²) in [5.74, 6) is -0.354. The minimum Gasteiger partial charge on any atom is -0.266 e. The molecule has 3 aromatic rings. The number of fused-ring (bicyclic) bond motifs is 1. The third kappa shape index (κ3) is 3.11. The summed E-state index contributed by atoms with van der Waals surface area (Å²) in [5, 5.41) is 5.74. The van der Waals surface area contributed by atoms with Crippen LogP contribution in [0.4, 0.5) is 0 Å². The van der Waals surface area contributed by atoms with Gasteiger partial charge in [-0.2, -0.15) is 5.10 Å². The molecule has 1 aromatic carbocycles. The van der Waals surface area contributed by atoms with Crippen LogP contribution < -0.4 is 5.43 Å². The number of amides is 1. The number of nitrogens with one attached hydrogen (secondary N) is 1. The van der Waals surface area contributed by atoms with Crippen molar-refractivity contribution >= 4 is 56.7 Å². The van der Waals surface area contributed by atoms with E-state index < -0.39 is 0 Å². The second-order valence-electron chi connectivity index (χ2n) is 4.37. The molecule has 0 saturated heterocycles. The molecule has 0 spiro atoms. The molecule has 7 heteroatoms. The predicted molar refractivity (Wildman–Crippen MR) is 91.1 cm³/mol. The van der Waals surface area contributed by atoms with E-state index in [0.717, 1.165) is 15.6 Å². The number of thiophene rings is 1. The lowest BCUT2D eigenvalue weighted by Gasteiger charge is -1.97. The van der Waals surface area contributed by atoms with Crippen molar-refractivity contribution in [1.29, 1.82) is 0 Å². The van der Waals surface area contributed by atoms with Crippen LogP contribution in [0.2, 0.25) is 10.0 Å². The lowest BCUT2D eigenvalue weighted by atomic mass is 10.2. The van der Waals surface area contributed by atoms with Crippen LogP contribution in [0.15, 0.2) is 47.8 Å². The zero-order valence-corrected chi connectivity index (χ0v) is 13.4. The van der Waals surface area contributed by atoms with Crippen molar-refractivity contribution in [3.05, 3.63) is 63.2 Å². The van der Waals surface area contributed by atoms with Crippen molar-refractivity contribution in [2.45, 2.75) is 0 Å². The van der Waals surface area contributed by atoms with Crippen LogP contribution in [0, 0.1) is 0 Å². The Morgan fingerprint density at radius 1 is 1.23 bits per heavy atom. The monoisotopic (exact) mass is 349 g/mol. The van der Waals surface area contributed by atoms with E-state index in [4.69, 9.17) is 23.2 Å². The van der Waals surface area contributed by atoms with E-state index >= 15 is 0 Å². The predicted octanol–water partition coefficient (Wildman–Crippen LogP) is 4.37. The van der Waals surface area contributed by atoms with Gasteiger partial charge in [0, 0.05) is 27.5 Å². The third-order valence-corrected chi connectivity index (χ3v) is 4.77. The van der Waals surface area contributed by atoms with Crippen LogP contribution in [0.1, 0.15) is 15.2 Å². The van der Waals surface area contributed by atoms with Crippen LogP contribution in [-0.2, 0) is 0 Å². The van der Waals surface area contributed by atoms with Gasteiger partial charge in [-0.05, 0) is 29.8 Å². The molecule has 0 aliphatic rings. The van der Waals surface area contributed by atoms with Crippen molar-refractivity contribution < 1.29 is 4.79 Å². The molecule has 0 aliphatic carbocycles. The molecule has 0 atom stereocenters. The van der Waals surface area contributed by atoms with Gasteiger partial charge in [0.25, 0.3) is 5.91 Å². The number of hydrazone groups is 1. The lowest BCUT2D eigenvalue weighted by molar-refractivity contribution is 0.0959. The van der Waals surface area contributed by atoms with Gasteiger partial charge in [-0.25, -0.2) is 5.43 Å². The number of hydrogen-bond acceptors (Lipinski definition) is 4. The van der Waals surface area contributed by atoms with Crippen LogP contribution in [0.5, 0.6) is 0 Å². The first-order valence-electron chi connectivity index (χ1n) is 6.26. The highest BCUT2D eigenvalue weighted by atomic mass is 35.5. The molecule has 1 amide bonds. The number of pyridine rings is 1. The van der Waals surface area contributed by atoms with Crippen LogP contribution in [-0.4, -0.2) is 17.1 Å². The summed E-state index contributed by atoms with van der Waals surface area (Å²) in [6.45, 7) is 0. The van der Waals surface area contributed by atoms with Gasteiger partial charge < -0.3 is 0 Å². The maximum atomic E-state index is 12.2. The van der Waals surface area contributed by atoms with Crippen LogP contribution in [0.25, 0.3) is 10.1 Å². The smallest absolute Gasteiger partial charge is 0.266 e. The highest BCUT2D eigenvalue weighted by molar-refractivity contribution is 7.21. The highest BCUT2D eigenvalue weighted by Gasteiger charge is 2.16. The van der Waals surface area contributed by atoms with Gasteiger partial charge in [0.15, 0.2) is 0 Å². The van der Waals surface area contributed by atoms with Crippen molar-refractivity contribution in [3.8, 4) is 0 Å². The third-order valence-electron chi connectivity index (χ3n) is 2.88. The molecule has 0 unspecified atom stereocenters. The second-order valence-corrected chi connectivity index (χ2v) is 6.23. The quantitative estimate of drug-likeness (QED) is 0.563. The van der Waals surface area contributed by atoms with E-state index in [2.05, 4.69) is 15.5 Å². The zero-order valence-electron chi connectivity index (χ0n) is 11.1. The molecule has 0 bridgehead atoms. The Bertz CT molecular complexity index is 862. The first-order valence-corrected chi connectivity index (χ1v) is 7.83. The van der Waals surface area contributed by atoms with Gasteiger partial charge in [-0.15, -0.1) is 11.3 Å². The zero-order chi connectivity index (χ0) is 15.5. The topological polar surface area (TPSA) is 54.4 Å². The Morgan fingerprint density at radius 2 is 2.00 bits per heavy atom. The summed E-state index contributed by atoms with van der Waals surface area (Å²) in [5.41, 5.74) is 3.30. The average molecular weight is 350 g/mol. The Hall–Kier alpha value is -1.95. The van der Waals surface area contributed by atoms with Gasteiger partial charge in [0.1, 0.15) is 4.88 Å². The van der Waals surface area contributed by atoms with E-state index in [1.165, 1.54) is 17.6 Å². The number of nitrogens with zero attached hydrogens (tertiary/aromatic N) is 2. The fourth-order valence-corrected chi connectivity index (χ4v) is 3.53. The number of hydrogen-bond donors (Lipinski definition) is 1. The van der Waals surface area contributed by atoms with Crippen molar-refractivity contribution in [1.82, 2.24) is 10.4 Å². The van der Waals surface area contributed by atoms with Crippen LogP contribution >= 0.6 is 34.5 Å². The summed E-state index contributed by atoms with van der Waals surface area (Å²) in [6, 6.07) is 8.89. The molecule has 2 aromatic heterocycles. The van der Waals surface area contributed by atoms with E-state index in [9.17, 15) is 4.79 Å². The van der Waals surface area contributed by atoms with Gasteiger partial charge in [0.2, 0.25) is 0 Å². The van der Waals surface area contributed by atoms with Gasteiger partial charge >= 0.3 is 0 Å². The Kier molecular flexibility index (Phi) is 4.38. The van der Waals surface area contributed by atoms with Gasteiger partial charge in [-0.3, -0.25) is 9.78 Å². The fraction of sp³-hybridized carbons (Fsp3) is 0. The minimum absolute atomic E-state index is 0.354. The molecule has 4 nitrogen and oxygen atoms in total. The molecule has 3 rings (SSSR count). The average Bonchev–Trinajstić information content (AvgIpc) is 2.84. The summed E-state index contributed by atoms with van der Waals surface area (Å²) in [6.07, 6.45) is 4.84. The van der Waals surface area contributed by atoms with E-state index in [1.807, 2.05) is 0 Å². The standard InChI is InChI=1S/C15H9Cl2N3OS/c16-10-1-2-11-12(7-10)22-14(13(11)17)15(21)20-19-8-9-3-5-18-6-4-9/h1-8H,(H,20,21)/b19-8-. The second kappa shape index (κ2) is 6.44. The van der Waals surface area contributed by atoms with E-state index in [1.54, 1.807) is 42.7 Å². The SMILES string of the molecule is O=C(N/N=C\c1ccncc1)c1sc2cc(Cl)ccc2c1Cl. The van der Waals surface area contributed by atoms with Crippen molar-refractivity contribution in [2.24, 2.45) is 5.10 Å².